The van der Waals surface area contributed by atoms with E-state index in [0.29, 0.717) is 5.92 Å². The molecule has 0 aromatic carbocycles. The maximum absolute atomic E-state index is 11.3. The highest BCUT2D eigenvalue weighted by atomic mass is 16.4. The van der Waals surface area contributed by atoms with Crippen molar-refractivity contribution in [2.45, 2.75) is 24.3 Å². The van der Waals surface area contributed by atoms with Crippen molar-refractivity contribution in [2.75, 3.05) is 6.54 Å². The average Bonchev–Trinajstić information content (AvgIpc) is 3.05. The van der Waals surface area contributed by atoms with E-state index in [1.807, 2.05) is 18.3 Å². The van der Waals surface area contributed by atoms with E-state index in [0.717, 1.165) is 24.9 Å². The summed E-state index contributed by atoms with van der Waals surface area (Å²) < 4.78 is 0. The van der Waals surface area contributed by atoms with Gasteiger partial charge in [0.05, 0.1) is 0 Å². The summed E-state index contributed by atoms with van der Waals surface area (Å²) in [5.41, 5.74) is 0.873. The Balaban J connectivity index is 2.01. The summed E-state index contributed by atoms with van der Waals surface area (Å²) >= 11 is 0. The van der Waals surface area contributed by atoms with Gasteiger partial charge < -0.3 is 10.4 Å². The molecule has 0 spiro atoms. The molecule has 4 nitrogen and oxygen atoms in total. The third kappa shape index (κ3) is 1.19. The van der Waals surface area contributed by atoms with E-state index in [1.54, 1.807) is 6.20 Å². The fraction of sp³-hybridized carbons (Fsp3) is 0.500. The maximum Gasteiger partial charge on any atom is 0.321 e. The lowest BCUT2D eigenvalue weighted by molar-refractivity contribution is -0.141. The molecule has 1 aromatic rings. The van der Waals surface area contributed by atoms with Crippen LogP contribution in [0.2, 0.25) is 0 Å². The number of nitrogens with zero attached hydrogens (tertiary/aromatic N) is 1. The van der Waals surface area contributed by atoms with Gasteiger partial charge in [-0.05, 0) is 36.9 Å². The highest BCUT2D eigenvalue weighted by molar-refractivity contribution is 5.78. The number of hydrogen-bond acceptors (Lipinski definition) is 3. The van der Waals surface area contributed by atoms with E-state index < -0.39 is 12.0 Å². The summed E-state index contributed by atoms with van der Waals surface area (Å²) in [6.07, 6.45) is 5.58. The minimum absolute atomic E-state index is 0.196. The van der Waals surface area contributed by atoms with Crippen molar-refractivity contribution >= 4 is 5.97 Å². The first-order chi connectivity index (χ1) is 7.75. The summed E-state index contributed by atoms with van der Waals surface area (Å²) in [7, 11) is 0. The number of carboxylic acid groups (broad SMARTS) is 1. The van der Waals surface area contributed by atoms with Crippen molar-refractivity contribution in [3.8, 4) is 0 Å². The molecule has 2 N–H and O–H groups in total. The van der Waals surface area contributed by atoms with Gasteiger partial charge >= 0.3 is 5.97 Å². The molecule has 84 valence electrons. The monoisotopic (exact) mass is 218 g/mol. The number of carbonyl (C=O) groups is 1. The topological polar surface area (TPSA) is 62.2 Å². The van der Waals surface area contributed by atoms with Crippen LogP contribution in [0.3, 0.4) is 0 Å². The average molecular weight is 218 g/mol. The molecule has 2 aliphatic rings. The molecule has 1 aliphatic heterocycles. The third-order valence-electron chi connectivity index (χ3n) is 3.95. The molecule has 1 saturated heterocycles. The van der Waals surface area contributed by atoms with Crippen molar-refractivity contribution < 1.29 is 9.90 Å². The van der Waals surface area contributed by atoms with E-state index in [4.69, 9.17) is 0 Å². The molecule has 16 heavy (non-hydrogen) atoms. The predicted molar refractivity (Wildman–Crippen MR) is 58.1 cm³/mol. The van der Waals surface area contributed by atoms with Crippen LogP contribution in [-0.2, 0) is 10.2 Å². The van der Waals surface area contributed by atoms with Crippen molar-refractivity contribution in [1.29, 1.82) is 0 Å². The second kappa shape index (κ2) is 3.28. The Bertz CT molecular complexity index is 420. The van der Waals surface area contributed by atoms with Gasteiger partial charge in [0, 0.05) is 17.8 Å². The summed E-state index contributed by atoms with van der Waals surface area (Å²) in [6.45, 7) is 0.809. The van der Waals surface area contributed by atoms with Crippen LogP contribution in [0.1, 0.15) is 18.4 Å². The maximum atomic E-state index is 11.3. The number of piperidine rings is 1. The van der Waals surface area contributed by atoms with Gasteiger partial charge in [-0.1, -0.05) is 6.07 Å². The van der Waals surface area contributed by atoms with Gasteiger partial charge in [-0.3, -0.25) is 9.78 Å². The first-order valence-corrected chi connectivity index (χ1v) is 5.62. The summed E-state index contributed by atoms with van der Waals surface area (Å²) in [6, 6.07) is 3.43. The Hall–Kier alpha value is -1.42. The minimum Gasteiger partial charge on any atom is -0.480 e. The molecular formula is C12H14N2O2. The van der Waals surface area contributed by atoms with E-state index >= 15 is 0 Å². The molecule has 0 bridgehead atoms. The van der Waals surface area contributed by atoms with Crippen molar-refractivity contribution in [2.24, 2.45) is 5.92 Å². The SMILES string of the molecule is O=C(O)C1NCCC2CC21c1cccnc1. The Kier molecular flexibility index (Phi) is 2.01. The zero-order valence-electron chi connectivity index (χ0n) is 8.89. The number of rotatable bonds is 2. The van der Waals surface area contributed by atoms with Gasteiger partial charge in [-0.2, -0.15) is 0 Å². The zero-order valence-corrected chi connectivity index (χ0v) is 8.89. The normalized spacial score (nSPS) is 36.5. The molecular weight excluding hydrogens is 204 g/mol. The van der Waals surface area contributed by atoms with Crippen LogP contribution < -0.4 is 5.32 Å². The first-order valence-electron chi connectivity index (χ1n) is 5.62. The fourth-order valence-corrected chi connectivity index (χ4v) is 3.11. The van der Waals surface area contributed by atoms with Crippen LogP contribution in [0.25, 0.3) is 0 Å². The molecule has 0 amide bonds. The molecule has 3 atom stereocenters. The molecule has 2 fully saturated rings. The molecule has 1 aliphatic carbocycles. The van der Waals surface area contributed by atoms with Gasteiger partial charge in [-0.15, -0.1) is 0 Å². The highest BCUT2D eigenvalue weighted by Crippen LogP contribution is 2.59. The lowest BCUT2D eigenvalue weighted by Crippen LogP contribution is -2.50. The van der Waals surface area contributed by atoms with Gasteiger partial charge in [0.2, 0.25) is 0 Å². The number of nitrogens with one attached hydrogen (secondary N) is 1. The second-order valence-corrected chi connectivity index (χ2v) is 4.70. The van der Waals surface area contributed by atoms with Crippen LogP contribution in [0.5, 0.6) is 0 Å². The number of aliphatic carboxylic acids is 1. The Morgan fingerprint density at radius 3 is 3.19 bits per heavy atom. The molecule has 4 heteroatoms. The van der Waals surface area contributed by atoms with Gasteiger partial charge in [0.15, 0.2) is 0 Å². The largest absolute Gasteiger partial charge is 0.480 e. The van der Waals surface area contributed by atoms with Crippen molar-refractivity contribution in [1.82, 2.24) is 10.3 Å². The van der Waals surface area contributed by atoms with Crippen LogP contribution in [0.4, 0.5) is 0 Å². The zero-order chi connectivity index (χ0) is 11.2. The molecule has 2 heterocycles. The fourth-order valence-electron chi connectivity index (χ4n) is 3.11. The van der Waals surface area contributed by atoms with Crippen LogP contribution in [0, 0.1) is 5.92 Å². The number of hydrogen-bond donors (Lipinski definition) is 2. The highest BCUT2D eigenvalue weighted by Gasteiger charge is 2.63. The lowest BCUT2D eigenvalue weighted by Gasteiger charge is -2.30. The summed E-state index contributed by atoms with van der Waals surface area (Å²) in [5.74, 6) is -0.231. The molecule has 3 rings (SSSR count). The smallest absolute Gasteiger partial charge is 0.321 e. The molecule has 1 aromatic heterocycles. The van der Waals surface area contributed by atoms with Crippen LogP contribution >= 0.6 is 0 Å². The number of aromatic nitrogens is 1. The van der Waals surface area contributed by atoms with Crippen LogP contribution in [-0.4, -0.2) is 28.6 Å². The Labute approximate surface area is 93.7 Å². The van der Waals surface area contributed by atoms with Gasteiger partial charge in [0.1, 0.15) is 6.04 Å². The van der Waals surface area contributed by atoms with Gasteiger partial charge in [0.25, 0.3) is 0 Å². The van der Waals surface area contributed by atoms with E-state index in [2.05, 4.69) is 10.3 Å². The van der Waals surface area contributed by atoms with E-state index in [-0.39, 0.29) is 5.41 Å². The minimum atomic E-state index is -0.744. The van der Waals surface area contributed by atoms with Crippen molar-refractivity contribution in [3.05, 3.63) is 30.1 Å². The Morgan fingerprint density at radius 1 is 1.62 bits per heavy atom. The van der Waals surface area contributed by atoms with Crippen molar-refractivity contribution in [3.63, 3.8) is 0 Å². The quantitative estimate of drug-likeness (QED) is 0.770. The van der Waals surface area contributed by atoms with Gasteiger partial charge in [-0.25, -0.2) is 0 Å². The lowest BCUT2D eigenvalue weighted by atomic mass is 9.83. The third-order valence-corrected chi connectivity index (χ3v) is 3.95. The van der Waals surface area contributed by atoms with E-state index in [9.17, 15) is 9.90 Å². The first kappa shape index (κ1) is 9.78. The predicted octanol–water partition coefficient (Wildman–Crippen LogP) is 0.786. The number of carboxylic acids is 1. The number of fused-ring (bicyclic) bond motifs is 1. The van der Waals surface area contributed by atoms with E-state index in [1.165, 1.54) is 0 Å². The summed E-state index contributed by atoms with van der Waals surface area (Å²) in [5, 5.41) is 12.4. The molecule has 1 saturated carbocycles. The molecule has 0 radical (unpaired) electrons. The standard InChI is InChI=1S/C12H14N2O2/c15-11(16)10-12(6-8(12)3-5-14-10)9-2-1-4-13-7-9/h1-2,4,7-8,10,14H,3,5-6H2,(H,15,16). The van der Waals surface area contributed by atoms with Crippen LogP contribution in [0.15, 0.2) is 24.5 Å². The Morgan fingerprint density at radius 2 is 2.50 bits per heavy atom. The summed E-state index contributed by atoms with van der Waals surface area (Å²) in [4.78, 5) is 15.4. The second-order valence-electron chi connectivity index (χ2n) is 4.70. The number of pyridine rings is 1. The molecule has 3 unspecified atom stereocenters.